The lowest BCUT2D eigenvalue weighted by Gasteiger charge is -1.98. The van der Waals surface area contributed by atoms with Gasteiger partial charge in [-0.05, 0) is 6.92 Å². The number of ketones is 1. The summed E-state index contributed by atoms with van der Waals surface area (Å²) in [5.74, 6) is 0.211. The second kappa shape index (κ2) is 7.63. The summed E-state index contributed by atoms with van der Waals surface area (Å²) < 4.78 is 0. The molecule has 0 aromatic carbocycles. The van der Waals surface area contributed by atoms with E-state index in [2.05, 4.69) is 0 Å². The first-order chi connectivity index (χ1) is 3.18. The third-order valence-corrected chi connectivity index (χ3v) is 1.05. The van der Waals surface area contributed by atoms with E-state index in [4.69, 9.17) is 5.73 Å². The summed E-state index contributed by atoms with van der Waals surface area (Å²) in [6.45, 7) is 3.84. The molecule has 0 aliphatic rings. The Balaban J connectivity index is -0.000000180. The molecule has 0 aromatic rings. The van der Waals surface area contributed by atoms with Gasteiger partial charge in [0, 0.05) is 12.5 Å². The normalized spacial score (nSPS) is 10.6. The van der Waals surface area contributed by atoms with Crippen LogP contribution in [0.3, 0.4) is 0 Å². The summed E-state index contributed by atoms with van der Waals surface area (Å²) in [6, 6.07) is 0. The van der Waals surface area contributed by atoms with Crippen molar-refractivity contribution in [2.75, 3.05) is 6.54 Å². The van der Waals surface area contributed by atoms with Crippen LogP contribution >= 0.6 is 0 Å². The van der Waals surface area contributed by atoms with Crippen LogP contribution in [0.5, 0.6) is 0 Å². The van der Waals surface area contributed by atoms with Crippen molar-refractivity contribution in [1.29, 1.82) is 0 Å². The lowest BCUT2D eigenvalue weighted by atomic mass is 10.1. The molecule has 0 amide bonds. The highest BCUT2D eigenvalue weighted by Gasteiger charge is 2.01. The Hall–Kier alpha value is -0.370. The summed E-state index contributed by atoms with van der Waals surface area (Å²) in [5, 5.41) is 0. The van der Waals surface area contributed by atoms with Crippen molar-refractivity contribution < 1.29 is 4.79 Å². The fourth-order valence-electron chi connectivity index (χ4n) is 0.166. The van der Waals surface area contributed by atoms with E-state index in [1.54, 1.807) is 6.92 Å². The molecule has 1 atom stereocenters. The first-order valence-electron chi connectivity index (χ1n) is 2.39. The largest absolute Gasteiger partial charge is 0.330 e. The smallest absolute Gasteiger partial charge is 0.133 e. The van der Waals surface area contributed by atoms with E-state index in [0.717, 1.165) is 0 Å². The van der Waals surface area contributed by atoms with E-state index >= 15 is 0 Å². The zero-order valence-electron chi connectivity index (χ0n) is 4.77. The van der Waals surface area contributed by atoms with Crippen LogP contribution < -0.4 is 5.73 Å². The van der Waals surface area contributed by atoms with Gasteiger partial charge in [0.1, 0.15) is 5.78 Å². The minimum atomic E-state index is 0. The summed E-state index contributed by atoms with van der Waals surface area (Å²) in [6.07, 6.45) is 0. The van der Waals surface area contributed by atoms with Crippen LogP contribution in [0.15, 0.2) is 0 Å². The first-order valence-corrected chi connectivity index (χ1v) is 2.39. The number of Topliss-reactive ketones (excluding diaryl/α,β-unsaturated/α-hetero) is 1. The third-order valence-electron chi connectivity index (χ3n) is 1.05. The number of carbonyl (C=O) groups is 1. The van der Waals surface area contributed by atoms with Crippen molar-refractivity contribution in [2.45, 2.75) is 28.7 Å². The number of hydrogen-bond acceptors (Lipinski definition) is 2. The summed E-state index contributed by atoms with van der Waals surface area (Å²) >= 11 is 0. The van der Waals surface area contributed by atoms with Crippen molar-refractivity contribution in [3.63, 3.8) is 0 Å². The number of rotatable bonds is 2. The van der Waals surface area contributed by atoms with Gasteiger partial charge < -0.3 is 5.73 Å². The van der Waals surface area contributed by atoms with Crippen LogP contribution in [0.4, 0.5) is 0 Å². The predicted octanol–water partition coefficient (Wildman–Crippen LogP) is 1.44. The van der Waals surface area contributed by atoms with Crippen molar-refractivity contribution in [1.82, 2.24) is 0 Å². The molecular weight excluding hydrogens is 114 g/mol. The Morgan fingerprint density at radius 3 is 1.89 bits per heavy atom. The third kappa shape index (κ3) is 7.63. The molecule has 0 heterocycles. The van der Waals surface area contributed by atoms with Gasteiger partial charge in [0.05, 0.1) is 0 Å². The molecule has 0 fully saturated rings. The van der Waals surface area contributed by atoms with Crippen LogP contribution in [0.25, 0.3) is 0 Å². The Bertz CT molecular complexity index is 71.3. The number of carbonyl (C=O) groups excluding carboxylic acids is 1. The second-order valence-electron chi connectivity index (χ2n) is 1.75. The molecule has 2 nitrogen and oxygen atoms in total. The van der Waals surface area contributed by atoms with Gasteiger partial charge in [-0.15, -0.1) is 0 Å². The molecule has 0 saturated heterocycles. The molecule has 0 radical (unpaired) electrons. The van der Waals surface area contributed by atoms with Crippen molar-refractivity contribution in [3.05, 3.63) is 0 Å². The van der Waals surface area contributed by atoms with E-state index in [0.29, 0.717) is 6.54 Å². The van der Waals surface area contributed by atoms with Gasteiger partial charge in [-0.2, -0.15) is 0 Å². The zero-order valence-corrected chi connectivity index (χ0v) is 4.77. The van der Waals surface area contributed by atoms with Gasteiger partial charge in [0.15, 0.2) is 0 Å². The molecule has 0 bridgehead atoms. The minimum Gasteiger partial charge on any atom is -0.330 e. The molecule has 0 aliphatic carbocycles. The highest BCUT2D eigenvalue weighted by molar-refractivity contribution is 5.77. The standard InChI is InChI=1S/C5H11NO.2CH4/c1-4(3-6)5(2)7;;/h4H,3,6H2,1-2H3;2*1H4. The molecule has 0 spiro atoms. The lowest BCUT2D eigenvalue weighted by molar-refractivity contribution is -0.119. The van der Waals surface area contributed by atoms with E-state index in [1.807, 2.05) is 6.92 Å². The van der Waals surface area contributed by atoms with Gasteiger partial charge in [-0.3, -0.25) is 4.79 Å². The molecule has 1 unspecified atom stereocenters. The first kappa shape index (κ1) is 15.9. The van der Waals surface area contributed by atoms with Gasteiger partial charge in [0.2, 0.25) is 0 Å². The molecule has 0 rings (SSSR count). The van der Waals surface area contributed by atoms with Crippen LogP contribution in [-0.4, -0.2) is 12.3 Å². The van der Waals surface area contributed by atoms with Crippen LogP contribution in [0.2, 0.25) is 0 Å². The highest BCUT2D eigenvalue weighted by Crippen LogP contribution is 1.89. The SMILES string of the molecule is C.C.CC(=O)C(C)CN. The molecular formula is C7H19NO. The monoisotopic (exact) mass is 133 g/mol. The number of nitrogens with two attached hydrogens (primary N) is 1. The van der Waals surface area contributed by atoms with Crippen LogP contribution in [0.1, 0.15) is 28.7 Å². The average Bonchev–Trinajstić information content (AvgIpc) is 1.65. The maximum Gasteiger partial charge on any atom is 0.133 e. The number of hydrogen-bond donors (Lipinski definition) is 1. The molecule has 9 heavy (non-hydrogen) atoms. The van der Waals surface area contributed by atoms with Crippen LogP contribution in [0, 0.1) is 5.92 Å². The van der Waals surface area contributed by atoms with E-state index < -0.39 is 0 Å². The maximum atomic E-state index is 10.3. The van der Waals surface area contributed by atoms with E-state index in [1.165, 1.54) is 0 Å². The van der Waals surface area contributed by atoms with Gasteiger partial charge >= 0.3 is 0 Å². The van der Waals surface area contributed by atoms with E-state index in [9.17, 15) is 4.79 Å². The summed E-state index contributed by atoms with van der Waals surface area (Å²) in [7, 11) is 0. The fraction of sp³-hybridized carbons (Fsp3) is 0.857. The fourth-order valence-corrected chi connectivity index (χ4v) is 0.166. The van der Waals surface area contributed by atoms with Gasteiger partial charge in [-0.25, -0.2) is 0 Å². The zero-order chi connectivity index (χ0) is 5.86. The van der Waals surface area contributed by atoms with E-state index in [-0.39, 0.29) is 26.6 Å². The Kier molecular flexibility index (Phi) is 13.4. The minimum absolute atomic E-state index is 0. The van der Waals surface area contributed by atoms with Crippen molar-refractivity contribution >= 4 is 5.78 Å². The molecule has 0 saturated carbocycles. The molecule has 0 aromatic heterocycles. The van der Waals surface area contributed by atoms with Crippen molar-refractivity contribution in [3.8, 4) is 0 Å². The van der Waals surface area contributed by atoms with Gasteiger partial charge in [0.25, 0.3) is 0 Å². The maximum absolute atomic E-state index is 10.3. The average molecular weight is 133 g/mol. The summed E-state index contributed by atoms with van der Waals surface area (Å²) in [5.41, 5.74) is 5.15. The molecule has 0 aliphatic heterocycles. The molecule has 58 valence electrons. The second-order valence-corrected chi connectivity index (χ2v) is 1.75. The predicted molar refractivity (Wildman–Crippen MR) is 42.4 cm³/mol. The highest BCUT2D eigenvalue weighted by atomic mass is 16.1. The Morgan fingerprint density at radius 1 is 1.56 bits per heavy atom. The Morgan fingerprint density at radius 2 is 1.89 bits per heavy atom. The lowest BCUT2D eigenvalue weighted by Crippen LogP contribution is -2.17. The van der Waals surface area contributed by atoms with Crippen molar-refractivity contribution in [2.24, 2.45) is 11.7 Å². The van der Waals surface area contributed by atoms with Crippen LogP contribution in [-0.2, 0) is 4.79 Å². The Labute approximate surface area is 58.4 Å². The van der Waals surface area contributed by atoms with Gasteiger partial charge in [-0.1, -0.05) is 21.8 Å². The summed E-state index contributed by atoms with van der Waals surface area (Å²) in [4.78, 5) is 10.3. The topological polar surface area (TPSA) is 43.1 Å². The molecule has 2 N–H and O–H groups in total. The molecule has 2 heteroatoms. The quantitative estimate of drug-likeness (QED) is 0.619.